The molecular weight excluding hydrogens is 410 g/mol. The third-order valence-corrected chi connectivity index (χ3v) is 6.24. The molecule has 170 valence electrons. The van der Waals surface area contributed by atoms with Crippen LogP contribution in [-0.4, -0.2) is 74.1 Å². The zero-order chi connectivity index (χ0) is 22.8. The Hall–Kier alpha value is -3.42. The number of methoxy groups -OCH3 is 3. The number of hydrogen-bond acceptors (Lipinski definition) is 5. The smallest absolute Gasteiger partial charge is 0.254 e. The van der Waals surface area contributed by atoms with E-state index < -0.39 is 0 Å². The molecule has 1 saturated heterocycles. The molecule has 0 radical (unpaired) electrons. The van der Waals surface area contributed by atoms with E-state index in [1.54, 1.807) is 17.0 Å². The van der Waals surface area contributed by atoms with Crippen molar-refractivity contribution in [2.45, 2.75) is 6.92 Å². The molecular formula is C24H29N3O5. The number of H-pyrrole nitrogens is 1. The number of carbonyl (C=O) groups is 2. The first-order valence-corrected chi connectivity index (χ1v) is 10.7. The molecule has 8 nitrogen and oxygen atoms in total. The van der Waals surface area contributed by atoms with Crippen LogP contribution in [0, 0.1) is 11.8 Å². The number of amides is 2. The SMILES string of the molecule is COc1cc(C(=O)N2CCN(C(=O)C3C=c4[nH]ccc4=CC3C)CC2)cc(OC)c1OC. The van der Waals surface area contributed by atoms with Gasteiger partial charge in [-0.3, -0.25) is 9.59 Å². The van der Waals surface area contributed by atoms with Gasteiger partial charge in [0.25, 0.3) is 5.91 Å². The van der Waals surface area contributed by atoms with Crippen molar-refractivity contribution < 1.29 is 23.8 Å². The van der Waals surface area contributed by atoms with Gasteiger partial charge in [0.2, 0.25) is 11.7 Å². The molecule has 0 saturated carbocycles. The average molecular weight is 440 g/mol. The molecule has 1 aliphatic heterocycles. The lowest BCUT2D eigenvalue weighted by Crippen LogP contribution is -2.52. The minimum Gasteiger partial charge on any atom is -0.493 e. The summed E-state index contributed by atoms with van der Waals surface area (Å²) in [7, 11) is 4.57. The van der Waals surface area contributed by atoms with Gasteiger partial charge in [0.05, 0.1) is 27.2 Å². The summed E-state index contributed by atoms with van der Waals surface area (Å²) < 4.78 is 16.1. The van der Waals surface area contributed by atoms with Crippen molar-refractivity contribution in [1.29, 1.82) is 0 Å². The summed E-state index contributed by atoms with van der Waals surface area (Å²) in [4.78, 5) is 33.1. The van der Waals surface area contributed by atoms with E-state index in [9.17, 15) is 9.59 Å². The van der Waals surface area contributed by atoms with E-state index in [1.165, 1.54) is 21.3 Å². The Labute approximate surface area is 187 Å². The van der Waals surface area contributed by atoms with Gasteiger partial charge >= 0.3 is 0 Å². The Morgan fingerprint density at radius 1 is 0.938 bits per heavy atom. The number of rotatable bonds is 5. The topological polar surface area (TPSA) is 84.1 Å². The number of ether oxygens (including phenoxy) is 3. The van der Waals surface area contributed by atoms with Crippen molar-refractivity contribution in [3.63, 3.8) is 0 Å². The van der Waals surface area contributed by atoms with E-state index in [-0.39, 0.29) is 23.7 Å². The molecule has 1 aliphatic carbocycles. The van der Waals surface area contributed by atoms with Gasteiger partial charge in [0.1, 0.15) is 0 Å². The molecule has 0 bridgehead atoms. The number of benzene rings is 1. The van der Waals surface area contributed by atoms with E-state index in [1.807, 2.05) is 23.2 Å². The number of aromatic amines is 1. The minimum atomic E-state index is -0.196. The van der Waals surface area contributed by atoms with Crippen LogP contribution in [0.3, 0.4) is 0 Å². The van der Waals surface area contributed by atoms with Gasteiger partial charge in [0, 0.05) is 43.3 Å². The standard InChI is InChI=1S/C24H29N3O5/c1-15-11-16-5-6-25-19(16)14-18(15)24(29)27-9-7-26(8-10-27)23(28)17-12-20(30-2)22(32-4)21(13-17)31-3/h5-6,11-15,18,25H,7-10H2,1-4H3. The maximum atomic E-state index is 13.2. The molecule has 2 aliphatic rings. The van der Waals surface area contributed by atoms with Gasteiger partial charge in [-0.1, -0.05) is 13.0 Å². The molecule has 2 heterocycles. The minimum absolute atomic E-state index is 0.105. The molecule has 1 aromatic heterocycles. The fraction of sp³-hybridized carbons (Fsp3) is 0.417. The fourth-order valence-electron chi connectivity index (χ4n) is 4.43. The predicted molar refractivity (Wildman–Crippen MR) is 120 cm³/mol. The van der Waals surface area contributed by atoms with E-state index in [0.29, 0.717) is 49.0 Å². The van der Waals surface area contributed by atoms with Crippen molar-refractivity contribution in [2.24, 2.45) is 11.8 Å². The van der Waals surface area contributed by atoms with Crippen molar-refractivity contribution in [1.82, 2.24) is 14.8 Å². The highest BCUT2D eigenvalue weighted by Gasteiger charge is 2.32. The highest BCUT2D eigenvalue weighted by atomic mass is 16.5. The molecule has 4 rings (SSSR count). The van der Waals surface area contributed by atoms with E-state index >= 15 is 0 Å². The lowest BCUT2D eigenvalue weighted by atomic mass is 9.88. The van der Waals surface area contributed by atoms with Crippen molar-refractivity contribution in [3.8, 4) is 17.2 Å². The Balaban J connectivity index is 1.45. The quantitative estimate of drug-likeness (QED) is 0.747. The first-order valence-electron chi connectivity index (χ1n) is 10.7. The second-order valence-electron chi connectivity index (χ2n) is 8.10. The Bertz CT molecular complexity index is 1110. The van der Waals surface area contributed by atoms with Crippen LogP contribution < -0.4 is 24.8 Å². The van der Waals surface area contributed by atoms with Crippen LogP contribution >= 0.6 is 0 Å². The van der Waals surface area contributed by atoms with Crippen LogP contribution in [0.15, 0.2) is 24.4 Å². The monoisotopic (exact) mass is 439 g/mol. The number of aromatic nitrogens is 1. The molecule has 1 fully saturated rings. The molecule has 2 unspecified atom stereocenters. The van der Waals surface area contributed by atoms with Crippen molar-refractivity contribution >= 4 is 24.0 Å². The van der Waals surface area contributed by atoms with Gasteiger partial charge in [-0.25, -0.2) is 0 Å². The summed E-state index contributed by atoms with van der Waals surface area (Å²) in [6.45, 7) is 4.02. The Kier molecular flexibility index (Phi) is 6.12. The third-order valence-electron chi connectivity index (χ3n) is 6.24. The molecule has 0 spiro atoms. The normalized spacial score (nSPS) is 20.0. The van der Waals surface area contributed by atoms with Crippen LogP contribution in [0.1, 0.15) is 17.3 Å². The predicted octanol–water partition coefficient (Wildman–Crippen LogP) is 0.852. The summed E-state index contributed by atoms with van der Waals surface area (Å²) in [5.41, 5.74) is 0.461. The number of fused-ring (bicyclic) bond motifs is 1. The number of nitrogens with zero attached hydrogens (tertiary/aromatic N) is 2. The third kappa shape index (κ3) is 3.92. The highest BCUT2D eigenvalue weighted by molar-refractivity contribution is 5.96. The molecule has 1 N–H and O–H groups in total. The Morgan fingerprint density at radius 2 is 1.56 bits per heavy atom. The molecule has 2 aromatic rings. The first kappa shape index (κ1) is 21.8. The number of nitrogens with one attached hydrogen (secondary N) is 1. The number of hydrogen-bond donors (Lipinski definition) is 1. The lowest BCUT2D eigenvalue weighted by molar-refractivity contribution is -0.135. The fourth-order valence-corrected chi connectivity index (χ4v) is 4.43. The second-order valence-corrected chi connectivity index (χ2v) is 8.10. The summed E-state index contributed by atoms with van der Waals surface area (Å²) in [5.74, 6) is 1.23. The van der Waals surface area contributed by atoms with Gasteiger partial charge in [0.15, 0.2) is 11.5 Å². The van der Waals surface area contributed by atoms with Gasteiger partial charge in [-0.15, -0.1) is 0 Å². The van der Waals surface area contributed by atoms with E-state index in [2.05, 4.69) is 18.0 Å². The first-order chi connectivity index (χ1) is 15.5. The molecule has 2 amide bonds. The van der Waals surface area contributed by atoms with Gasteiger partial charge < -0.3 is 29.0 Å². The molecule has 1 aromatic carbocycles. The zero-order valence-electron chi connectivity index (χ0n) is 18.9. The molecule has 2 atom stereocenters. The summed E-state index contributed by atoms with van der Waals surface area (Å²) in [6.07, 6.45) is 6.05. The van der Waals surface area contributed by atoms with Gasteiger partial charge in [-0.2, -0.15) is 0 Å². The highest BCUT2D eigenvalue weighted by Crippen LogP contribution is 2.38. The average Bonchev–Trinajstić information content (AvgIpc) is 3.28. The number of carbonyl (C=O) groups excluding carboxylic acids is 2. The zero-order valence-corrected chi connectivity index (χ0v) is 18.9. The van der Waals surface area contributed by atoms with Crippen LogP contribution in [0.4, 0.5) is 0 Å². The molecule has 8 heteroatoms. The summed E-state index contributed by atoms with van der Waals surface area (Å²) in [5, 5.41) is 2.14. The summed E-state index contributed by atoms with van der Waals surface area (Å²) in [6, 6.07) is 5.34. The van der Waals surface area contributed by atoms with Crippen LogP contribution in [0.2, 0.25) is 0 Å². The number of piperazine rings is 1. The maximum absolute atomic E-state index is 13.2. The summed E-state index contributed by atoms with van der Waals surface area (Å²) >= 11 is 0. The van der Waals surface area contributed by atoms with Crippen molar-refractivity contribution in [3.05, 3.63) is 40.5 Å². The maximum Gasteiger partial charge on any atom is 0.254 e. The van der Waals surface area contributed by atoms with Crippen LogP contribution in [0.5, 0.6) is 17.2 Å². The largest absolute Gasteiger partial charge is 0.493 e. The lowest BCUT2D eigenvalue weighted by Gasteiger charge is -2.37. The van der Waals surface area contributed by atoms with Crippen molar-refractivity contribution in [2.75, 3.05) is 47.5 Å². The van der Waals surface area contributed by atoms with E-state index in [0.717, 1.165) is 10.6 Å². The van der Waals surface area contributed by atoms with E-state index in [4.69, 9.17) is 14.2 Å². The Morgan fingerprint density at radius 3 is 2.16 bits per heavy atom. The van der Waals surface area contributed by atoms with Gasteiger partial charge in [-0.05, 0) is 35.4 Å². The van der Waals surface area contributed by atoms with Crippen LogP contribution in [0.25, 0.3) is 12.2 Å². The molecule has 32 heavy (non-hydrogen) atoms. The second kappa shape index (κ2) is 8.98. The van der Waals surface area contributed by atoms with Crippen LogP contribution in [-0.2, 0) is 4.79 Å².